The van der Waals surface area contributed by atoms with Crippen molar-refractivity contribution in [3.63, 3.8) is 0 Å². The van der Waals surface area contributed by atoms with Crippen molar-refractivity contribution in [2.45, 2.75) is 27.2 Å². The van der Waals surface area contributed by atoms with Gasteiger partial charge in [-0.2, -0.15) is 0 Å². The van der Waals surface area contributed by atoms with E-state index in [-0.39, 0.29) is 12.5 Å². The molecule has 0 spiro atoms. The maximum Gasteiger partial charge on any atom is 0.224 e. The first-order valence-electron chi connectivity index (χ1n) is 6.03. The van der Waals surface area contributed by atoms with Crippen molar-refractivity contribution >= 4 is 11.6 Å². The molecule has 0 bridgehead atoms. The summed E-state index contributed by atoms with van der Waals surface area (Å²) in [6.07, 6.45) is 0.506. The summed E-state index contributed by atoms with van der Waals surface area (Å²) in [5.74, 6) is 5.76. The lowest BCUT2D eigenvalue weighted by Crippen LogP contribution is -2.14. The number of anilines is 1. The quantitative estimate of drug-likeness (QED) is 0.803. The number of rotatable bonds is 3. The van der Waals surface area contributed by atoms with Crippen LogP contribution < -0.4 is 5.32 Å². The monoisotopic (exact) mass is 245 g/mol. The van der Waals surface area contributed by atoms with Crippen molar-refractivity contribution in [1.82, 2.24) is 0 Å². The van der Waals surface area contributed by atoms with Crippen molar-refractivity contribution in [2.24, 2.45) is 5.92 Å². The second kappa shape index (κ2) is 6.83. The molecule has 3 heteroatoms. The zero-order valence-corrected chi connectivity index (χ0v) is 11.1. The number of nitrogens with one attached hydrogen (secondary N) is 1. The molecular weight excluding hydrogens is 226 g/mol. The zero-order valence-electron chi connectivity index (χ0n) is 11.1. The lowest BCUT2D eigenvalue weighted by Gasteiger charge is -2.10. The Hall–Kier alpha value is -1.79. The van der Waals surface area contributed by atoms with Crippen LogP contribution in [-0.2, 0) is 4.79 Å². The molecule has 0 aliphatic carbocycles. The molecule has 1 amide bonds. The average Bonchev–Trinajstić information content (AvgIpc) is 2.29. The van der Waals surface area contributed by atoms with Crippen LogP contribution in [-0.4, -0.2) is 17.6 Å². The number of hydrogen-bond acceptors (Lipinski definition) is 2. The van der Waals surface area contributed by atoms with E-state index in [0.29, 0.717) is 12.3 Å². The molecule has 1 rings (SSSR count). The van der Waals surface area contributed by atoms with Gasteiger partial charge < -0.3 is 10.4 Å². The lowest BCUT2D eigenvalue weighted by atomic mass is 10.1. The Morgan fingerprint density at radius 1 is 1.44 bits per heavy atom. The molecule has 0 atom stereocenters. The molecule has 0 unspecified atom stereocenters. The summed E-state index contributed by atoms with van der Waals surface area (Å²) in [5, 5.41) is 11.5. The number of amides is 1. The van der Waals surface area contributed by atoms with Gasteiger partial charge in [0.25, 0.3) is 0 Å². The van der Waals surface area contributed by atoms with Gasteiger partial charge >= 0.3 is 0 Å². The molecule has 1 aromatic carbocycles. The molecule has 1 aromatic rings. The SMILES string of the molecule is Cc1ccc(C#CCO)cc1NC(=O)CC(C)C. The summed E-state index contributed by atoms with van der Waals surface area (Å²) in [6.45, 7) is 5.79. The Bertz CT molecular complexity index is 481. The highest BCUT2D eigenvalue weighted by Gasteiger charge is 2.07. The van der Waals surface area contributed by atoms with Crippen LogP contribution in [0.25, 0.3) is 0 Å². The number of carbonyl (C=O) groups is 1. The smallest absolute Gasteiger partial charge is 0.224 e. The van der Waals surface area contributed by atoms with Crippen LogP contribution in [0.5, 0.6) is 0 Å². The molecule has 0 heterocycles. The molecule has 0 aromatic heterocycles. The van der Waals surface area contributed by atoms with Crippen LogP contribution in [0.3, 0.4) is 0 Å². The van der Waals surface area contributed by atoms with E-state index in [1.165, 1.54) is 0 Å². The van der Waals surface area contributed by atoms with Crippen molar-refractivity contribution in [1.29, 1.82) is 0 Å². The Kier molecular flexibility index (Phi) is 5.41. The number of aliphatic hydroxyl groups is 1. The van der Waals surface area contributed by atoms with Gasteiger partial charge in [0, 0.05) is 17.7 Å². The molecule has 2 N–H and O–H groups in total. The summed E-state index contributed by atoms with van der Waals surface area (Å²) in [5.41, 5.74) is 2.57. The fourth-order valence-electron chi connectivity index (χ4n) is 1.55. The van der Waals surface area contributed by atoms with Crippen LogP contribution in [0.4, 0.5) is 5.69 Å². The molecule has 3 nitrogen and oxygen atoms in total. The van der Waals surface area contributed by atoms with Crippen molar-refractivity contribution in [3.05, 3.63) is 29.3 Å². The first-order chi connectivity index (χ1) is 8.52. The van der Waals surface area contributed by atoms with E-state index in [1.807, 2.05) is 39.0 Å². The Labute approximate surface area is 108 Å². The number of benzene rings is 1. The van der Waals surface area contributed by atoms with Crippen LogP contribution in [0.15, 0.2) is 18.2 Å². The summed E-state index contributed by atoms with van der Waals surface area (Å²) in [7, 11) is 0. The molecule has 0 radical (unpaired) electrons. The van der Waals surface area contributed by atoms with E-state index < -0.39 is 0 Å². The molecular formula is C15H19NO2. The number of aryl methyl sites for hydroxylation is 1. The third-order valence-electron chi connectivity index (χ3n) is 2.42. The minimum Gasteiger partial charge on any atom is -0.384 e. The largest absolute Gasteiger partial charge is 0.384 e. The van der Waals surface area contributed by atoms with Gasteiger partial charge in [-0.15, -0.1) is 0 Å². The van der Waals surface area contributed by atoms with Gasteiger partial charge in [0.2, 0.25) is 5.91 Å². The summed E-state index contributed by atoms with van der Waals surface area (Å²) in [6, 6.07) is 5.61. The van der Waals surface area contributed by atoms with Gasteiger partial charge in [0.05, 0.1) is 0 Å². The Balaban J connectivity index is 2.84. The van der Waals surface area contributed by atoms with Crippen LogP contribution in [0, 0.1) is 24.7 Å². The maximum absolute atomic E-state index is 11.7. The fraction of sp³-hybridized carbons (Fsp3) is 0.400. The molecule has 0 saturated carbocycles. The van der Waals surface area contributed by atoms with Crippen molar-refractivity contribution in [3.8, 4) is 11.8 Å². The van der Waals surface area contributed by atoms with Crippen molar-refractivity contribution in [2.75, 3.05) is 11.9 Å². The molecule has 18 heavy (non-hydrogen) atoms. The molecule has 0 saturated heterocycles. The van der Waals surface area contributed by atoms with E-state index in [4.69, 9.17) is 5.11 Å². The second-order valence-corrected chi connectivity index (χ2v) is 4.64. The average molecular weight is 245 g/mol. The Morgan fingerprint density at radius 3 is 2.78 bits per heavy atom. The minimum atomic E-state index is -0.164. The highest BCUT2D eigenvalue weighted by atomic mass is 16.2. The van der Waals surface area contributed by atoms with E-state index >= 15 is 0 Å². The normalized spacial score (nSPS) is 9.83. The summed E-state index contributed by atoms with van der Waals surface area (Å²) < 4.78 is 0. The number of hydrogen-bond donors (Lipinski definition) is 2. The highest BCUT2D eigenvalue weighted by Crippen LogP contribution is 2.17. The van der Waals surface area contributed by atoms with Crippen molar-refractivity contribution < 1.29 is 9.90 Å². The first kappa shape index (κ1) is 14.3. The van der Waals surface area contributed by atoms with E-state index in [0.717, 1.165) is 16.8 Å². The van der Waals surface area contributed by atoms with Gasteiger partial charge in [0.15, 0.2) is 0 Å². The number of carbonyl (C=O) groups excluding carboxylic acids is 1. The van der Waals surface area contributed by atoms with Gasteiger partial charge in [-0.3, -0.25) is 4.79 Å². The standard InChI is InChI=1S/C15H19NO2/c1-11(2)9-15(18)16-14-10-13(5-4-8-17)7-6-12(14)3/h6-7,10-11,17H,8-9H2,1-3H3,(H,16,18). The van der Waals surface area contributed by atoms with Gasteiger partial charge in [0.1, 0.15) is 6.61 Å². The van der Waals surface area contributed by atoms with Crippen LogP contribution in [0.1, 0.15) is 31.4 Å². The van der Waals surface area contributed by atoms with Crippen LogP contribution in [0.2, 0.25) is 0 Å². The lowest BCUT2D eigenvalue weighted by molar-refractivity contribution is -0.116. The number of aliphatic hydroxyl groups excluding tert-OH is 1. The molecule has 96 valence electrons. The topological polar surface area (TPSA) is 49.3 Å². The third-order valence-corrected chi connectivity index (χ3v) is 2.42. The third kappa shape index (κ3) is 4.60. The molecule has 0 aliphatic heterocycles. The zero-order chi connectivity index (χ0) is 13.5. The predicted molar refractivity (Wildman–Crippen MR) is 73.2 cm³/mol. The van der Waals surface area contributed by atoms with E-state index in [9.17, 15) is 4.79 Å². The highest BCUT2D eigenvalue weighted by molar-refractivity contribution is 5.91. The fourth-order valence-corrected chi connectivity index (χ4v) is 1.55. The van der Waals surface area contributed by atoms with E-state index in [2.05, 4.69) is 17.2 Å². The van der Waals surface area contributed by atoms with Crippen LogP contribution >= 0.6 is 0 Å². The summed E-state index contributed by atoms with van der Waals surface area (Å²) >= 11 is 0. The second-order valence-electron chi connectivity index (χ2n) is 4.64. The van der Waals surface area contributed by atoms with E-state index in [1.54, 1.807) is 0 Å². The van der Waals surface area contributed by atoms with Gasteiger partial charge in [-0.1, -0.05) is 31.8 Å². The summed E-state index contributed by atoms with van der Waals surface area (Å²) in [4.78, 5) is 11.7. The Morgan fingerprint density at radius 2 is 2.17 bits per heavy atom. The molecule has 0 fully saturated rings. The first-order valence-corrected chi connectivity index (χ1v) is 6.03. The minimum absolute atomic E-state index is 0.0142. The van der Waals surface area contributed by atoms with Gasteiger partial charge in [-0.25, -0.2) is 0 Å². The van der Waals surface area contributed by atoms with Gasteiger partial charge in [-0.05, 0) is 30.5 Å². The predicted octanol–water partition coefficient (Wildman–Crippen LogP) is 2.32. The maximum atomic E-state index is 11.7. The molecule has 0 aliphatic rings.